The molecule has 126 valence electrons. The Kier molecular flexibility index (Phi) is 5.25. The van der Waals surface area contributed by atoms with E-state index in [9.17, 15) is 4.79 Å². The Morgan fingerprint density at radius 1 is 1.33 bits per heavy atom. The van der Waals surface area contributed by atoms with E-state index < -0.39 is 0 Å². The van der Waals surface area contributed by atoms with Crippen molar-refractivity contribution in [1.82, 2.24) is 20.1 Å². The summed E-state index contributed by atoms with van der Waals surface area (Å²) in [6, 6.07) is 8.17. The lowest BCUT2D eigenvalue weighted by Gasteiger charge is -2.03. The van der Waals surface area contributed by atoms with Crippen LogP contribution in [0.2, 0.25) is 0 Å². The van der Waals surface area contributed by atoms with Gasteiger partial charge in [0.1, 0.15) is 0 Å². The summed E-state index contributed by atoms with van der Waals surface area (Å²) < 4.78 is 3.06. The summed E-state index contributed by atoms with van der Waals surface area (Å²) in [5.74, 6) is -0.0425. The molecule has 3 aromatic rings. The van der Waals surface area contributed by atoms with E-state index in [1.165, 1.54) is 4.70 Å². The monoisotopic (exact) mass is 342 g/mol. The number of nitrogens with zero attached hydrogens (tertiary/aromatic N) is 3. The van der Waals surface area contributed by atoms with E-state index in [1.807, 2.05) is 36.0 Å². The molecule has 0 spiro atoms. The van der Waals surface area contributed by atoms with Crippen LogP contribution in [-0.2, 0) is 13.0 Å². The molecular weight excluding hydrogens is 320 g/mol. The first kappa shape index (κ1) is 16.6. The van der Waals surface area contributed by atoms with Gasteiger partial charge in [-0.25, -0.2) is 4.98 Å². The Balaban J connectivity index is 1.50. The molecule has 1 aromatic carbocycles. The third kappa shape index (κ3) is 3.82. The van der Waals surface area contributed by atoms with Crippen LogP contribution in [-0.4, -0.2) is 27.2 Å². The molecule has 2 heterocycles. The van der Waals surface area contributed by atoms with E-state index in [0.29, 0.717) is 12.1 Å². The average Bonchev–Trinajstić information content (AvgIpc) is 3.14. The van der Waals surface area contributed by atoms with Crippen molar-refractivity contribution in [1.29, 1.82) is 0 Å². The van der Waals surface area contributed by atoms with Gasteiger partial charge in [0.15, 0.2) is 0 Å². The second-order valence-electron chi connectivity index (χ2n) is 5.83. The molecule has 6 heteroatoms. The molecule has 0 saturated carbocycles. The average molecular weight is 342 g/mol. The van der Waals surface area contributed by atoms with Crippen molar-refractivity contribution in [3.8, 4) is 0 Å². The maximum atomic E-state index is 12.3. The van der Waals surface area contributed by atoms with Crippen molar-refractivity contribution in [2.75, 3.05) is 6.54 Å². The van der Waals surface area contributed by atoms with Gasteiger partial charge >= 0.3 is 0 Å². The molecule has 1 amide bonds. The maximum Gasteiger partial charge on any atom is 0.254 e. The van der Waals surface area contributed by atoms with E-state index in [-0.39, 0.29) is 5.91 Å². The summed E-state index contributed by atoms with van der Waals surface area (Å²) in [4.78, 5) is 16.9. The SMILES string of the molecule is CCCn1cc(C(=O)NCCCc2nc3ccccc3s2)c(C)n1. The fourth-order valence-electron chi connectivity index (χ4n) is 2.65. The van der Waals surface area contributed by atoms with E-state index in [2.05, 4.69) is 28.4 Å². The van der Waals surface area contributed by atoms with Gasteiger partial charge in [-0.2, -0.15) is 5.10 Å². The Hall–Kier alpha value is -2.21. The number of hydrogen-bond acceptors (Lipinski definition) is 4. The van der Waals surface area contributed by atoms with Gasteiger partial charge in [-0.15, -0.1) is 11.3 Å². The molecular formula is C18H22N4OS. The van der Waals surface area contributed by atoms with Crippen molar-refractivity contribution >= 4 is 27.5 Å². The molecule has 3 rings (SSSR count). The standard InChI is InChI=1S/C18H22N4OS/c1-3-11-22-12-14(13(2)21-22)18(23)19-10-6-9-17-20-15-7-4-5-8-16(15)24-17/h4-5,7-8,12H,3,6,9-11H2,1-2H3,(H,19,23). The van der Waals surface area contributed by atoms with Gasteiger partial charge < -0.3 is 5.32 Å². The van der Waals surface area contributed by atoms with E-state index in [1.54, 1.807) is 11.3 Å². The molecule has 24 heavy (non-hydrogen) atoms. The highest BCUT2D eigenvalue weighted by Gasteiger charge is 2.12. The Morgan fingerprint density at radius 3 is 2.96 bits per heavy atom. The van der Waals surface area contributed by atoms with Crippen LogP contribution in [0.4, 0.5) is 0 Å². The zero-order valence-corrected chi connectivity index (χ0v) is 14.9. The highest BCUT2D eigenvalue weighted by molar-refractivity contribution is 7.18. The zero-order valence-electron chi connectivity index (χ0n) is 14.1. The van der Waals surface area contributed by atoms with Crippen LogP contribution >= 0.6 is 11.3 Å². The van der Waals surface area contributed by atoms with Crippen LogP contribution in [0.1, 0.15) is 40.8 Å². The number of benzene rings is 1. The molecule has 0 aliphatic carbocycles. The van der Waals surface area contributed by atoms with Crippen molar-refractivity contribution in [2.24, 2.45) is 0 Å². The van der Waals surface area contributed by atoms with Crippen molar-refractivity contribution in [2.45, 2.75) is 39.7 Å². The first-order valence-corrected chi connectivity index (χ1v) is 9.15. The largest absolute Gasteiger partial charge is 0.352 e. The molecule has 0 atom stereocenters. The lowest BCUT2D eigenvalue weighted by atomic mass is 10.2. The van der Waals surface area contributed by atoms with Crippen molar-refractivity contribution < 1.29 is 4.79 Å². The number of hydrogen-bond donors (Lipinski definition) is 1. The van der Waals surface area contributed by atoms with Crippen LogP contribution in [0.5, 0.6) is 0 Å². The van der Waals surface area contributed by atoms with E-state index in [4.69, 9.17) is 0 Å². The minimum Gasteiger partial charge on any atom is -0.352 e. The maximum absolute atomic E-state index is 12.3. The molecule has 5 nitrogen and oxygen atoms in total. The first-order chi connectivity index (χ1) is 11.7. The Bertz CT molecular complexity index is 804. The molecule has 0 unspecified atom stereocenters. The zero-order chi connectivity index (χ0) is 16.9. The fraction of sp³-hybridized carbons (Fsp3) is 0.389. The highest BCUT2D eigenvalue weighted by Crippen LogP contribution is 2.22. The second kappa shape index (κ2) is 7.57. The summed E-state index contributed by atoms with van der Waals surface area (Å²) in [5.41, 5.74) is 2.51. The van der Waals surface area contributed by atoms with Crippen LogP contribution in [0.25, 0.3) is 10.2 Å². The molecule has 0 radical (unpaired) electrons. The van der Waals surface area contributed by atoms with Gasteiger partial charge in [0.05, 0.1) is 26.5 Å². The van der Waals surface area contributed by atoms with Gasteiger partial charge in [0.2, 0.25) is 0 Å². The van der Waals surface area contributed by atoms with Crippen LogP contribution in [0.3, 0.4) is 0 Å². The predicted molar refractivity (Wildman–Crippen MR) is 97.5 cm³/mol. The second-order valence-corrected chi connectivity index (χ2v) is 6.94. The van der Waals surface area contributed by atoms with Gasteiger partial charge in [-0.05, 0) is 31.9 Å². The topological polar surface area (TPSA) is 59.8 Å². The number of nitrogens with one attached hydrogen (secondary N) is 1. The van der Waals surface area contributed by atoms with E-state index >= 15 is 0 Å². The van der Waals surface area contributed by atoms with Crippen LogP contribution < -0.4 is 5.32 Å². The number of fused-ring (bicyclic) bond motifs is 1. The third-order valence-corrected chi connectivity index (χ3v) is 4.93. The number of aromatic nitrogens is 3. The fourth-order valence-corrected chi connectivity index (χ4v) is 3.66. The summed E-state index contributed by atoms with van der Waals surface area (Å²) in [5, 5.41) is 8.48. The number of carbonyl (C=O) groups is 1. The third-order valence-electron chi connectivity index (χ3n) is 3.83. The Morgan fingerprint density at radius 2 is 2.17 bits per heavy atom. The van der Waals surface area contributed by atoms with Gasteiger partial charge in [0.25, 0.3) is 5.91 Å². The van der Waals surface area contributed by atoms with Gasteiger partial charge in [-0.3, -0.25) is 9.48 Å². The minimum absolute atomic E-state index is 0.0425. The Labute approximate surface area is 145 Å². The predicted octanol–water partition coefficient (Wildman–Crippen LogP) is 3.57. The lowest BCUT2D eigenvalue weighted by molar-refractivity contribution is 0.0952. The van der Waals surface area contributed by atoms with Crippen LogP contribution in [0.15, 0.2) is 30.5 Å². The number of carbonyl (C=O) groups excluding carboxylic acids is 1. The lowest BCUT2D eigenvalue weighted by Crippen LogP contribution is -2.25. The quantitative estimate of drug-likeness (QED) is 0.668. The number of rotatable bonds is 7. The summed E-state index contributed by atoms with van der Waals surface area (Å²) in [6.45, 7) is 5.46. The minimum atomic E-state index is -0.0425. The number of amides is 1. The molecule has 0 bridgehead atoms. The summed E-state index contributed by atoms with van der Waals surface area (Å²) in [6.07, 6.45) is 4.60. The molecule has 1 N–H and O–H groups in total. The molecule has 0 fully saturated rings. The summed E-state index contributed by atoms with van der Waals surface area (Å²) in [7, 11) is 0. The van der Waals surface area contributed by atoms with E-state index in [0.717, 1.165) is 42.0 Å². The van der Waals surface area contributed by atoms with Crippen molar-refractivity contribution in [3.05, 3.63) is 46.7 Å². The summed E-state index contributed by atoms with van der Waals surface area (Å²) >= 11 is 1.73. The molecule has 2 aromatic heterocycles. The highest BCUT2D eigenvalue weighted by atomic mass is 32.1. The number of para-hydroxylation sites is 1. The smallest absolute Gasteiger partial charge is 0.254 e. The number of aryl methyl sites for hydroxylation is 3. The van der Waals surface area contributed by atoms with Crippen LogP contribution in [0, 0.1) is 6.92 Å². The normalized spacial score (nSPS) is 11.1. The number of thiazole rings is 1. The van der Waals surface area contributed by atoms with Gasteiger partial charge in [-0.1, -0.05) is 19.1 Å². The molecule has 0 aliphatic rings. The molecule has 0 aliphatic heterocycles. The first-order valence-electron chi connectivity index (χ1n) is 8.34. The van der Waals surface area contributed by atoms with Crippen molar-refractivity contribution in [3.63, 3.8) is 0 Å². The molecule has 0 saturated heterocycles. The van der Waals surface area contributed by atoms with Gasteiger partial charge in [0, 0.05) is 25.7 Å².